The highest BCUT2D eigenvalue weighted by Gasteiger charge is 2.18. The third kappa shape index (κ3) is 5.60. The molecule has 0 aromatic rings. The number of carbonyl (C=O) groups excluding carboxylic acids is 1. The second kappa shape index (κ2) is 7.62. The zero-order chi connectivity index (χ0) is 14.3. The monoisotopic (exact) mass is 260 g/mol. The van der Waals surface area contributed by atoms with Gasteiger partial charge in [0.1, 0.15) is 0 Å². The van der Waals surface area contributed by atoms with Crippen molar-refractivity contribution in [2.45, 2.75) is 19.3 Å². The minimum Gasteiger partial charge on any atom is -0.383 e. The number of hydrogen-bond donors (Lipinski definition) is 0. The first-order valence-corrected chi connectivity index (χ1v) is 6.63. The van der Waals surface area contributed by atoms with Crippen molar-refractivity contribution in [2.75, 3.05) is 28.2 Å². The normalized spacial score (nSPS) is 20.9. The second-order valence-corrected chi connectivity index (χ2v) is 5.18. The van der Waals surface area contributed by atoms with E-state index in [-0.39, 0.29) is 5.78 Å². The summed E-state index contributed by atoms with van der Waals surface area (Å²) in [6.07, 6.45) is 14.5. The third-order valence-corrected chi connectivity index (χ3v) is 2.84. The van der Waals surface area contributed by atoms with Crippen molar-refractivity contribution < 1.29 is 4.79 Å². The predicted molar refractivity (Wildman–Crippen MR) is 80.7 cm³/mol. The van der Waals surface area contributed by atoms with Crippen LogP contribution in [-0.4, -0.2) is 43.8 Å². The fourth-order valence-electron chi connectivity index (χ4n) is 1.88. The van der Waals surface area contributed by atoms with Gasteiger partial charge in [0.2, 0.25) is 0 Å². The van der Waals surface area contributed by atoms with Crippen LogP contribution in [0.1, 0.15) is 19.3 Å². The largest absolute Gasteiger partial charge is 0.383 e. The van der Waals surface area contributed by atoms with Gasteiger partial charge in [0.25, 0.3) is 0 Å². The lowest BCUT2D eigenvalue weighted by Gasteiger charge is -2.15. The van der Waals surface area contributed by atoms with Crippen molar-refractivity contribution in [1.82, 2.24) is 9.80 Å². The first kappa shape index (κ1) is 15.3. The Labute approximate surface area is 116 Å². The second-order valence-electron chi connectivity index (χ2n) is 5.18. The zero-order valence-corrected chi connectivity index (χ0v) is 12.4. The fourth-order valence-corrected chi connectivity index (χ4v) is 1.88. The molecule has 0 spiro atoms. The first-order chi connectivity index (χ1) is 9.00. The maximum absolute atomic E-state index is 12.2. The minimum atomic E-state index is 0.193. The topological polar surface area (TPSA) is 23.6 Å². The molecule has 0 amide bonds. The molecule has 3 heteroatoms. The van der Waals surface area contributed by atoms with Crippen molar-refractivity contribution in [2.24, 2.45) is 0 Å². The lowest BCUT2D eigenvalue weighted by Crippen LogP contribution is -2.12. The van der Waals surface area contributed by atoms with Crippen molar-refractivity contribution in [3.05, 3.63) is 47.9 Å². The average molecular weight is 260 g/mol. The van der Waals surface area contributed by atoms with E-state index >= 15 is 0 Å². The van der Waals surface area contributed by atoms with Gasteiger partial charge >= 0.3 is 0 Å². The molecule has 0 atom stereocenters. The molecule has 0 bridgehead atoms. The quantitative estimate of drug-likeness (QED) is 0.726. The molecular weight excluding hydrogens is 236 g/mol. The molecule has 0 radical (unpaired) electrons. The van der Waals surface area contributed by atoms with Gasteiger partial charge in [-0.25, -0.2) is 0 Å². The number of allylic oxidation sites excluding steroid dienone is 6. The van der Waals surface area contributed by atoms with Gasteiger partial charge in [-0.3, -0.25) is 4.79 Å². The molecule has 0 aromatic heterocycles. The molecule has 1 saturated carbocycles. The third-order valence-electron chi connectivity index (χ3n) is 2.84. The van der Waals surface area contributed by atoms with E-state index in [9.17, 15) is 4.79 Å². The molecule has 0 heterocycles. The first-order valence-electron chi connectivity index (χ1n) is 6.63. The minimum absolute atomic E-state index is 0.193. The molecule has 19 heavy (non-hydrogen) atoms. The van der Waals surface area contributed by atoms with E-state index in [2.05, 4.69) is 0 Å². The van der Waals surface area contributed by atoms with Crippen molar-refractivity contribution in [3.63, 3.8) is 0 Å². The molecule has 1 aliphatic carbocycles. The van der Waals surface area contributed by atoms with Crippen LogP contribution in [0, 0.1) is 0 Å². The van der Waals surface area contributed by atoms with Gasteiger partial charge in [0.15, 0.2) is 5.78 Å². The van der Waals surface area contributed by atoms with E-state index in [0.717, 1.165) is 30.4 Å². The highest BCUT2D eigenvalue weighted by molar-refractivity contribution is 6.09. The van der Waals surface area contributed by atoms with E-state index in [1.165, 1.54) is 0 Å². The smallest absolute Gasteiger partial charge is 0.184 e. The lowest BCUT2D eigenvalue weighted by atomic mass is 9.88. The van der Waals surface area contributed by atoms with Crippen molar-refractivity contribution >= 4 is 5.78 Å². The number of carbonyl (C=O) groups is 1. The summed E-state index contributed by atoms with van der Waals surface area (Å²) in [4.78, 5) is 16.2. The summed E-state index contributed by atoms with van der Waals surface area (Å²) in [7, 11) is 7.87. The number of Topliss-reactive ketones (excluding diaryl/α,β-unsaturated/α-hetero) is 1. The Morgan fingerprint density at radius 3 is 1.63 bits per heavy atom. The molecule has 0 aliphatic heterocycles. The van der Waals surface area contributed by atoms with Crippen LogP contribution in [0.2, 0.25) is 0 Å². The van der Waals surface area contributed by atoms with Gasteiger partial charge in [-0.2, -0.15) is 0 Å². The summed E-state index contributed by atoms with van der Waals surface area (Å²) in [5.74, 6) is 0.193. The Bertz CT molecular complexity index is 388. The Morgan fingerprint density at radius 1 is 0.842 bits per heavy atom. The van der Waals surface area contributed by atoms with Crippen LogP contribution in [0.4, 0.5) is 0 Å². The molecular formula is C16H24N2O. The predicted octanol–water partition coefficient (Wildman–Crippen LogP) is 2.74. The van der Waals surface area contributed by atoms with E-state index < -0.39 is 0 Å². The lowest BCUT2D eigenvalue weighted by molar-refractivity contribution is -0.113. The van der Waals surface area contributed by atoms with Crippen LogP contribution in [0.5, 0.6) is 0 Å². The van der Waals surface area contributed by atoms with E-state index in [1.54, 1.807) is 0 Å². The molecule has 0 aromatic carbocycles. The molecule has 0 saturated heterocycles. The van der Waals surface area contributed by atoms with Crippen molar-refractivity contribution in [1.29, 1.82) is 0 Å². The summed E-state index contributed by atoms with van der Waals surface area (Å²) in [5.41, 5.74) is 1.82. The zero-order valence-electron chi connectivity index (χ0n) is 12.4. The van der Waals surface area contributed by atoms with Gasteiger partial charge < -0.3 is 9.80 Å². The maximum atomic E-state index is 12.2. The van der Waals surface area contributed by atoms with Crippen LogP contribution in [0.15, 0.2) is 47.9 Å². The van der Waals surface area contributed by atoms with E-state index in [4.69, 9.17) is 0 Å². The Kier molecular flexibility index (Phi) is 6.13. The number of hydrogen-bond acceptors (Lipinski definition) is 3. The van der Waals surface area contributed by atoms with Gasteiger partial charge in [-0.1, -0.05) is 12.2 Å². The van der Waals surface area contributed by atoms with Gasteiger partial charge in [0, 0.05) is 28.2 Å². The average Bonchev–Trinajstić information content (AvgIpc) is 2.32. The van der Waals surface area contributed by atoms with E-state index in [0.29, 0.717) is 0 Å². The molecule has 1 fully saturated rings. The number of nitrogens with zero attached hydrogens (tertiary/aromatic N) is 2. The van der Waals surface area contributed by atoms with Crippen LogP contribution in [-0.2, 0) is 4.79 Å². The van der Waals surface area contributed by atoms with Crippen molar-refractivity contribution in [3.8, 4) is 0 Å². The summed E-state index contributed by atoms with van der Waals surface area (Å²) < 4.78 is 0. The Hall–Kier alpha value is -1.77. The maximum Gasteiger partial charge on any atom is 0.184 e. The summed E-state index contributed by atoms with van der Waals surface area (Å²) in [5, 5.41) is 0. The van der Waals surface area contributed by atoms with Gasteiger partial charge in [-0.05, 0) is 55.0 Å². The highest BCUT2D eigenvalue weighted by Crippen LogP contribution is 2.24. The SMILES string of the molecule is CN(C)C=CC=C1CCCC(=CC=CN(C)C)C1=O. The van der Waals surface area contributed by atoms with Crippen LogP contribution >= 0.6 is 0 Å². The molecule has 3 nitrogen and oxygen atoms in total. The Balaban J connectivity index is 2.76. The molecule has 104 valence electrons. The highest BCUT2D eigenvalue weighted by atomic mass is 16.1. The molecule has 0 N–H and O–H groups in total. The summed E-state index contributed by atoms with van der Waals surface area (Å²) >= 11 is 0. The fraction of sp³-hybridized carbons (Fsp3) is 0.438. The standard InChI is InChI=1S/C16H24N2O/c1-17(2)12-6-10-14-8-5-9-15(16(14)19)11-7-13-18(3)4/h6-7,10-13H,5,8-9H2,1-4H3. The van der Waals surface area contributed by atoms with Crippen LogP contribution < -0.4 is 0 Å². The van der Waals surface area contributed by atoms with Crippen LogP contribution in [0.3, 0.4) is 0 Å². The molecule has 1 rings (SSSR count). The summed E-state index contributed by atoms with van der Waals surface area (Å²) in [6.45, 7) is 0. The summed E-state index contributed by atoms with van der Waals surface area (Å²) in [6, 6.07) is 0. The number of ketones is 1. The van der Waals surface area contributed by atoms with Gasteiger partial charge in [0.05, 0.1) is 0 Å². The number of rotatable bonds is 4. The van der Waals surface area contributed by atoms with Gasteiger partial charge in [-0.15, -0.1) is 0 Å². The molecule has 0 unspecified atom stereocenters. The Morgan fingerprint density at radius 2 is 1.26 bits per heavy atom. The molecule has 1 aliphatic rings. The van der Waals surface area contributed by atoms with Crippen LogP contribution in [0.25, 0.3) is 0 Å². The van der Waals surface area contributed by atoms with E-state index in [1.807, 2.05) is 74.7 Å².